The van der Waals surface area contributed by atoms with E-state index < -0.39 is 5.41 Å². The number of hydrogen-bond acceptors (Lipinski definition) is 6. The zero-order valence-corrected chi connectivity index (χ0v) is 15.9. The Balaban J connectivity index is 1.76. The predicted octanol–water partition coefficient (Wildman–Crippen LogP) is 2.46. The lowest BCUT2D eigenvalue weighted by molar-refractivity contribution is 0.0853. The molecule has 0 atom stereocenters. The van der Waals surface area contributed by atoms with E-state index >= 15 is 0 Å². The van der Waals surface area contributed by atoms with E-state index in [0.29, 0.717) is 30.2 Å². The molecule has 3 heterocycles. The Morgan fingerprint density at radius 2 is 2.04 bits per heavy atom. The van der Waals surface area contributed by atoms with Gasteiger partial charge in [-0.15, -0.1) is 5.10 Å². The van der Waals surface area contributed by atoms with Crippen molar-refractivity contribution < 1.29 is 14.3 Å². The van der Waals surface area contributed by atoms with Crippen LogP contribution in [0.3, 0.4) is 0 Å². The Labute approximate surface area is 156 Å². The Bertz CT molecular complexity index is 981. The number of fused-ring (bicyclic) bond motifs is 1. The lowest BCUT2D eigenvalue weighted by Crippen LogP contribution is -2.20. The van der Waals surface area contributed by atoms with E-state index in [2.05, 4.69) is 20.3 Å². The summed E-state index contributed by atoms with van der Waals surface area (Å²) in [6.07, 6.45) is 3.37. The lowest BCUT2D eigenvalue weighted by Gasteiger charge is -2.14. The summed E-state index contributed by atoms with van der Waals surface area (Å²) in [5, 5.41) is 8.68. The number of Topliss-reactive ketones (excluding diaryl/α,β-unsaturated/α-hetero) is 2. The maximum absolute atomic E-state index is 12.4. The standard InChI is InChI=1S/C19H23N5O3/c1-19(2,3)18(26)14-8-12-7-13(20-10-15(12)21-14)9-17(25)16-11-24(23-22-16)5-6-27-4/h7-8,10-11,21H,5-6,9H2,1-4H3. The number of aromatic amines is 1. The molecule has 3 aromatic rings. The number of H-pyrrole nitrogens is 1. The molecule has 3 rings (SSSR count). The van der Waals surface area contributed by atoms with Crippen molar-refractivity contribution in [2.45, 2.75) is 33.7 Å². The molecule has 0 amide bonds. The summed E-state index contributed by atoms with van der Waals surface area (Å²) >= 11 is 0. The molecule has 3 aromatic heterocycles. The molecule has 0 bridgehead atoms. The summed E-state index contributed by atoms with van der Waals surface area (Å²) in [5.41, 5.74) is 1.76. The number of methoxy groups -OCH3 is 1. The van der Waals surface area contributed by atoms with Crippen LogP contribution in [0.25, 0.3) is 10.9 Å². The molecule has 27 heavy (non-hydrogen) atoms. The summed E-state index contributed by atoms with van der Waals surface area (Å²) in [4.78, 5) is 32.3. The fourth-order valence-corrected chi connectivity index (χ4v) is 2.68. The highest BCUT2D eigenvalue weighted by molar-refractivity contribution is 6.02. The van der Waals surface area contributed by atoms with Gasteiger partial charge in [0.1, 0.15) is 5.69 Å². The number of nitrogens with zero attached hydrogens (tertiary/aromatic N) is 4. The van der Waals surface area contributed by atoms with Crippen molar-refractivity contribution in [1.82, 2.24) is 25.0 Å². The van der Waals surface area contributed by atoms with Crippen molar-refractivity contribution in [3.05, 3.63) is 41.6 Å². The maximum Gasteiger partial charge on any atom is 0.190 e. The minimum atomic E-state index is -0.470. The van der Waals surface area contributed by atoms with Gasteiger partial charge in [-0.1, -0.05) is 26.0 Å². The monoisotopic (exact) mass is 369 g/mol. The number of aromatic nitrogens is 5. The van der Waals surface area contributed by atoms with Crippen molar-refractivity contribution in [3.8, 4) is 0 Å². The van der Waals surface area contributed by atoms with Crippen LogP contribution in [0.4, 0.5) is 0 Å². The van der Waals surface area contributed by atoms with Gasteiger partial charge < -0.3 is 9.72 Å². The molecule has 142 valence electrons. The van der Waals surface area contributed by atoms with E-state index in [1.165, 1.54) is 0 Å². The topological polar surface area (TPSA) is 103 Å². The fraction of sp³-hybridized carbons (Fsp3) is 0.421. The van der Waals surface area contributed by atoms with E-state index in [0.717, 1.165) is 10.9 Å². The van der Waals surface area contributed by atoms with Crippen molar-refractivity contribution in [3.63, 3.8) is 0 Å². The Morgan fingerprint density at radius 3 is 2.74 bits per heavy atom. The van der Waals surface area contributed by atoms with Crippen molar-refractivity contribution >= 4 is 22.5 Å². The Kier molecular flexibility index (Phi) is 5.18. The first kappa shape index (κ1) is 18.9. The van der Waals surface area contributed by atoms with Crippen LogP contribution >= 0.6 is 0 Å². The number of pyridine rings is 1. The Hall–Kier alpha value is -2.87. The van der Waals surface area contributed by atoms with Gasteiger partial charge in [0.15, 0.2) is 11.6 Å². The number of nitrogens with one attached hydrogen (secondary N) is 1. The summed E-state index contributed by atoms with van der Waals surface area (Å²) in [7, 11) is 1.60. The molecular weight excluding hydrogens is 346 g/mol. The van der Waals surface area contributed by atoms with Crippen LogP contribution in [0, 0.1) is 5.41 Å². The fourth-order valence-electron chi connectivity index (χ4n) is 2.68. The molecule has 0 spiro atoms. The smallest absolute Gasteiger partial charge is 0.190 e. The molecule has 0 saturated carbocycles. The quantitative estimate of drug-likeness (QED) is 0.642. The number of ether oxygens (including phenoxy) is 1. The van der Waals surface area contributed by atoms with Crippen LogP contribution in [-0.2, 0) is 17.7 Å². The van der Waals surface area contributed by atoms with Crippen LogP contribution in [0.5, 0.6) is 0 Å². The van der Waals surface area contributed by atoms with Gasteiger partial charge in [-0.2, -0.15) is 0 Å². The highest BCUT2D eigenvalue weighted by Crippen LogP contribution is 2.24. The zero-order valence-electron chi connectivity index (χ0n) is 15.9. The van der Waals surface area contributed by atoms with Gasteiger partial charge in [0.25, 0.3) is 0 Å². The number of ketones is 2. The molecule has 0 fully saturated rings. The third-order valence-corrected chi connectivity index (χ3v) is 4.18. The first-order chi connectivity index (χ1) is 12.8. The number of hydrogen-bond donors (Lipinski definition) is 1. The zero-order chi connectivity index (χ0) is 19.6. The molecule has 1 N–H and O–H groups in total. The van der Waals surface area contributed by atoms with Crippen molar-refractivity contribution in [1.29, 1.82) is 0 Å². The molecule has 0 aliphatic heterocycles. The van der Waals surface area contributed by atoms with Crippen LogP contribution < -0.4 is 0 Å². The number of rotatable bonds is 7. The minimum absolute atomic E-state index is 0.0315. The van der Waals surface area contributed by atoms with Gasteiger partial charge in [0, 0.05) is 23.6 Å². The SMILES string of the molecule is COCCn1cc(C(=O)Cc2cc3cc(C(=O)C(C)(C)C)[nH]c3cn2)nn1. The molecule has 8 heteroatoms. The predicted molar refractivity (Wildman–Crippen MR) is 99.8 cm³/mol. The number of carbonyl (C=O) groups is 2. The lowest BCUT2D eigenvalue weighted by atomic mass is 9.89. The maximum atomic E-state index is 12.4. The summed E-state index contributed by atoms with van der Waals surface area (Å²) in [6, 6.07) is 3.62. The molecule has 0 radical (unpaired) electrons. The van der Waals surface area contributed by atoms with Crippen LogP contribution in [0.2, 0.25) is 0 Å². The third-order valence-electron chi connectivity index (χ3n) is 4.18. The van der Waals surface area contributed by atoms with Crippen molar-refractivity contribution in [2.75, 3.05) is 13.7 Å². The van der Waals surface area contributed by atoms with E-state index in [1.54, 1.807) is 30.3 Å². The van der Waals surface area contributed by atoms with Crippen LogP contribution in [0.15, 0.2) is 24.5 Å². The Morgan fingerprint density at radius 1 is 1.26 bits per heavy atom. The molecule has 8 nitrogen and oxygen atoms in total. The summed E-state index contributed by atoms with van der Waals surface area (Å²) in [6.45, 7) is 6.67. The van der Waals surface area contributed by atoms with Gasteiger partial charge in [-0.3, -0.25) is 14.6 Å². The third kappa shape index (κ3) is 4.28. The normalized spacial score (nSPS) is 11.9. The minimum Gasteiger partial charge on any atom is -0.383 e. The second-order valence-electron chi connectivity index (χ2n) is 7.48. The average molecular weight is 369 g/mol. The molecule has 0 saturated heterocycles. The number of carbonyl (C=O) groups excluding carboxylic acids is 2. The molecule has 0 aliphatic carbocycles. The highest BCUT2D eigenvalue weighted by Gasteiger charge is 2.24. The van der Waals surface area contributed by atoms with Gasteiger partial charge in [0.2, 0.25) is 0 Å². The van der Waals surface area contributed by atoms with Gasteiger partial charge in [-0.05, 0) is 12.1 Å². The molecule has 0 unspecified atom stereocenters. The molecule has 0 aliphatic rings. The largest absolute Gasteiger partial charge is 0.383 e. The molecular formula is C19H23N5O3. The van der Waals surface area contributed by atoms with Crippen LogP contribution in [-0.4, -0.2) is 50.2 Å². The summed E-state index contributed by atoms with van der Waals surface area (Å²) < 4.78 is 6.55. The van der Waals surface area contributed by atoms with Crippen LogP contribution in [0.1, 0.15) is 47.4 Å². The van der Waals surface area contributed by atoms with E-state index in [-0.39, 0.29) is 18.0 Å². The second-order valence-corrected chi connectivity index (χ2v) is 7.48. The van der Waals surface area contributed by atoms with Gasteiger partial charge >= 0.3 is 0 Å². The summed E-state index contributed by atoms with van der Waals surface area (Å²) in [5.74, 6) is -0.129. The van der Waals surface area contributed by atoms with Gasteiger partial charge in [0.05, 0.1) is 43.2 Å². The van der Waals surface area contributed by atoms with Gasteiger partial charge in [-0.25, -0.2) is 4.68 Å². The first-order valence-corrected chi connectivity index (χ1v) is 8.72. The van der Waals surface area contributed by atoms with E-state index in [9.17, 15) is 9.59 Å². The van der Waals surface area contributed by atoms with Crippen molar-refractivity contribution in [2.24, 2.45) is 5.41 Å². The van der Waals surface area contributed by atoms with E-state index in [1.807, 2.05) is 26.8 Å². The van der Waals surface area contributed by atoms with E-state index in [4.69, 9.17) is 4.74 Å². The molecule has 0 aromatic carbocycles. The average Bonchev–Trinajstić information content (AvgIpc) is 3.24. The first-order valence-electron chi connectivity index (χ1n) is 8.72. The highest BCUT2D eigenvalue weighted by atomic mass is 16.5. The second kappa shape index (κ2) is 7.40.